The molecule has 2 rings (SSSR count). The molecule has 1 unspecified atom stereocenters. The van der Waals surface area contributed by atoms with Crippen LogP contribution in [0.5, 0.6) is 0 Å². The normalized spacial score (nSPS) is 28.0. The van der Waals surface area contributed by atoms with Crippen LogP contribution in [0.3, 0.4) is 0 Å². The van der Waals surface area contributed by atoms with Crippen molar-refractivity contribution in [2.45, 2.75) is 44.6 Å². The van der Waals surface area contributed by atoms with Crippen molar-refractivity contribution in [1.82, 2.24) is 10.6 Å². The minimum absolute atomic E-state index is 0.0279. The van der Waals surface area contributed by atoms with Crippen molar-refractivity contribution in [2.24, 2.45) is 0 Å². The first kappa shape index (κ1) is 11.8. The Morgan fingerprint density at radius 1 is 1.44 bits per heavy atom. The van der Waals surface area contributed by atoms with E-state index in [1.807, 2.05) is 13.8 Å². The largest absolute Gasteiger partial charge is 0.352 e. The Morgan fingerprint density at radius 2 is 2.19 bits per heavy atom. The van der Waals surface area contributed by atoms with E-state index in [-0.39, 0.29) is 12.0 Å². The van der Waals surface area contributed by atoms with Gasteiger partial charge in [-0.1, -0.05) is 0 Å². The summed E-state index contributed by atoms with van der Waals surface area (Å²) in [5.41, 5.74) is 0. The summed E-state index contributed by atoms with van der Waals surface area (Å²) in [4.78, 5) is 11.4. The summed E-state index contributed by atoms with van der Waals surface area (Å²) >= 11 is 0. The standard InChI is InChI=1S/C11H20N2O3/c1-11(2)15-7-9(16-11)5-13-10(14)6-12-8-3-4-8/h8-9,12H,3-7H2,1-2H3,(H,13,14). The molecule has 5 nitrogen and oxygen atoms in total. The van der Waals surface area contributed by atoms with Crippen LogP contribution >= 0.6 is 0 Å². The fourth-order valence-corrected chi connectivity index (χ4v) is 1.68. The van der Waals surface area contributed by atoms with Gasteiger partial charge < -0.3 is 20.1 Å². The van der Waals surface area contributed by atoms with Crippen LogP contribution in [0.4, 0.5) is 0 Å². The Balaban J connectivity index is 1.58. The molecule has 0 bridgehead atoms. The van der Waals surface area contributed by atoms with Crippen LogP contribution in [-0.2, 0) is 14.3 Å². The van der Waals surface area contributed by atoms with E-state index in [1.54, 1.807) is 0 Å². The van der Waals surface area contributed by atoms with Gasteiger partial charge in [0, 0.05) is 12.6 Å². The third kappa shape index (κ3) is 3.73. The van der Waals surface area contributed by atoms with Gasteiger partial charge in [-0.15, -0.1) is 0 Å². The summed E-state index contributed by atoms with van der Waals surface area (Å²) in [6, 6.07) is 0.566. The van der Waals surface area contributed by atoms with Gasteiger partial charge in [-0.05, 0) is 26.7 Å². The lowest BCUT2D eigenvalue weighted by Crippen LogP contribution is -2.39. The highest BCUT2D eigenvalue weighted by molar-refractivity contribution is 5.78. The highest BCUT2D eigenvalue weighted by Gasteiger charge is 2.32. The number of ether oxygens (including phenoxy) is 2. The molecule has 0 aromatic rings. The highest BCUT2D eigenvalue weighted by atomic mass is 16.7. The number of amides is 1. The fourth-order valence-electron chi connectivity index (χ4n) is 1.68. The zero-order valence-corrected chi connectivity index (χ0v) is 9.91. The number of rotatable bonds is 5. The molecule has 1 atom stereocenters. The van der Waals surface area contributed by atoms with Crippen LogP contribution < -0.4 is 10.6 Å². The summed E-state index contributed by atoms with van der Waals surface area (Å²) in [6.07, 6.45) is 2.36. The number of hydrogen-bond acceptors (Lipinski definition) is 4. The summed E-state index contributed by atoms with van der Waals surface area (Å²) in [7, 11) is 0. The molecule has 1 saturated heterocycles. The van der Waals surface area contributed by atoms with E-state index in [1.165, 1.54) is 12.8 Å². The van der Waals surface area contributed by atoms with Crippen LogP contribution in [0.1, 0.15) is 26.7 Å². The van der Waals surface area contributed by atoms with Crippen molar-refractivity contribution < 1.29 is 14.3 Å². The molecule has 2 aliphatic rings. The molecule has 0 aromatic heterocycles. The Labute approximate surface area is 95.9 Å². The quantitative estimate of drug-likeness (QED) is 0.695. The van der Waals surface area contributed by atoms with Crippen molar-refractivity contribution in [1.29, 1.82) is 0 Å². The molecule has 2 N–H and O–H groups in total. The van der Waals surface area contributed by atoms with Gasteiger partial charge in [-0.3, -0.25) is 4.79 Å². The fraction of sp³-hybridized carbons (Fsp3) is 0.909. The van der Waals surface area contributed by atoms with Gasteiger partial charge in [0.2, 0.25) is 5.91 Å². The molecule has 1 heterocycles. The second kappa shape index (κ2) is 4.69. The average molecular weight is 228 g/mol. The predicted molar refractivity (Wildman–Crippen MR) is 58.9 cm³/mol. The third-order valence-electron chi connectivity index (χ3n) is 2.72. The number of carbonyl (C=O) groups is 1. The Kier molecular flexibility index (Phi) is 3.47. The smallest absolute Gasteiger partial charge is 0.234 e. The summed E-state index contributed by atoms with van der Waals surface area (Å²) in [5, 5.41) is 6.00. The maximum absolute atomic E-state index is 11.4. The third-order valence-corrected chi connectivity index (χ3v) is 2.72. The zero-order valence-electron chi connectivity index (χ0n) is 9.91. The van der Waals surface area contributed by atoms with Crippen LogP contribution in [0.2, 0.25) is 0 Å². The molecule has 0 radical (unpaired) electrons. The molecule has 5 heteroatoms. The van der Waals surface area contributed by atoms with Crippen molar-refractivity contribution in [2.75, 3.05) is 19.7 Å². The topological polar surface area (TPSA) is 59.6 Å². The molecule has 1 aliphatic heterocycles. The van der Waals surface area contributed by atoms with E-state index in [2.05, 4.69) is 10.6 Å². The molecular formula is C11H20N2O3. The summed E-state index contributed by atoms with van der Waals surface area (Å²) < 4.78 is 11.0. The molecule has 1 saturated carbocycles. The van der Waals surface area contributed by atoms with E-state index in [0.717, 1.165) is 0 Å². The minimum Gasteiger partial charge on any atom is -0.352 e. The Morgan fingerprint density at radius 3 is 2.75 bits per heavy atom. The first-order valence-electron chi connectivity index (χ1n) is 5.87. The molecule has 16 heavy (non-hydrogen) atoms. The maximum Gasteiger partial charge on any atom is 0.234 e. The molecular weight excluding hydrogens is 208 g/mol. The van der Waals surface area contributed by atoms with Crippen molar-refractivity contribution in [3.63, 3.8) is 0 Å². The SMILES string of the molecule is CC1(C)OCC(CNC(=O)CNC2CC2)O1. The van der Waals surface area contributed by atoms with Gasteiger partial charge in [0.1, 0.15) is 6.10 Å². The lowest BCUT2D eigenvalue weighted by molar-refractivity contribution is -0.139. The lowest BCUT2D eigenvalue weighted by atomic mass is 10.3. The molecule has 92 valence electrons. The van der Waals surface area contributed by atoms with Crippen LogP contribution in [0.15, 0.2) is 0 Å². The molecule has 1 amide bonds. The van der Waals surface area contributed by atoms with Crippen LogP contribution in [0, 0.1) is 0 Å². The first-order chi connectivity index (χ1) is 7.55. The summed E-state index contributed by atoms with van der Waals surface area (Å²) in [6.45, 7) is 5.23. The van der Waals surface area contributed by atoms with E-state index < -0.39 is 5.79 Å². The summed E-state index contributed by atoms with van der Waals surface area (Å²) in [5.74, 6) is -0.484. The number of nitrogens with one attached hydrogen (secondary N) is 2. The van der Waals surface area contributed by atoms with Crippen LogP contribution in [-0.4, -0.2) is 43.5 Å². The lowest BCUT2D eigenvalue weighted by Gasteiger charge is -2.17. The van der Waals surface area contributed by atoms with Gasteiger partial charge in [0.25, 0.3) is 0 Å². The number of hydrogen-bond donors (Lipinski definition) is 2. The first-order valence-corrected chi connectivity index (χ1v) is 5.87. The molecule has 0 aromatic carbocycles. The molecule has 0 spiro atoms. The van der Waals surface area contributed by atoms with Gasteiger partial charge in [0.05, 0.1) is 13.2 Å². The maximum atomic E-state index is 11.4. The highest BCUT2D eigenvalue weighted by Crippen LogP contribution is 2.21. The van der Waals surface area contributed by atoms with Gasteiger partial charge >= 0.3 is 0 Å². The van der Waals surface area contributed by atoms with Gasteiger partial charge in [-0.2, -0.15) is 0 Å². The van der Waals surface area contributed by atoms with E-state index in [0.29, 0.717) is 25.7 Å². The Bertz CT molecular complexity index is 264. The molecule has 2 fully saturated rings. The second-order valence-electron chi connectivity index (χ2n) is 4.91. The molecule has 1 aliphatic carbocycles. The zero-order chi connectivity index (χ0) is 11.6. The van der Waals surface area contributed by atoms with E-state index in [4.69, 9.17) is 9.47 Å². The Hall–Kier alpha value is -0.650. The average Bonchev–Trinajstić information content (AvgIpc) is 2.97. The van der Waals surface area contributed by atoms with Gasteiger partial charge in [0.15, 0.2) is 5.79 Å². The second-order valence-corrected chi connectivity index (χ2v) is 4.91. The van der Waals surface area contributed by atoms with Crippen molar-refractivity contribution in [3.8, 4) is 0 Å². The number of carbonyl (C=O) groups excluding carboxylic acids is 1. The monoisotopic (exact) mass is 228 g/mol. The minimum atomic E-state index is -0.512. The van der Waals surface area contributed by atoms with E-state index >= 15 is 0 Å². The van der Waals surface area contributed by atoms with Crippen LogP contribution in [0.25, 0.3) is 0 Å². The van der Waals surface area contributed by atoms with E-state index in [9.17, 15) is 4.79 Å². The van der Waals surface area contributed by atoms with Gasteiger partial charge in [-0.25, -0.2) is 0 Å². The predicted octanol–water partition coefficient (Wildman–Crippen LogP) is 0.00610. The van der Waals surface area contributed by atoms with Crippen molar-refractivity contribution >= 4 is 5.91 Å². The van der Waals surface area contributed by atoms with Crippen molar-refractivity contribution in [3.05, 3.63) is 0 Å².